The van der Waals surface area contributed by atoms with E-state index in [1.165, 1.54) is 11.1 Å². The molecule has 0 saturated heterocycles. The van der Waals surface area contributed by atoms with Crippen LogP contribution in [0.25, 0.3) is 0 Å². The van der Waals surface area contributed by atoms with Crippen molar-refractivity contribution < 1.29 is 4.74 Å². The first-order chi connectivity index (χ1) is 9.15. The monoisotopic (exact) mass is 293 g/mol. The minimum Gasteiger partial charge on any atom is -0.372 e. The Morgan fingerprint density at radius 1 is 1.00 bits per heavy atom. The van der Waals surface area contributed by atoms with Crippen LogP contribution >= 0.6 is 23.2 Å². The topological polar surface area (TPSA) is 35.2 Å². The van der Waals surface area contributed by atoms with Gasteiger partial charge in [0.25, 0.3) is 0 Å². The quantitative estimate of drug-likeness (QED) is 0.906. The summed E-state index contributed by atoms with van der Waals surface area (Å²) in [6.07, 6.45) is 0. The molecule has 4 heteroatoms. The largest absolute Gasteiger partial charge is 0.372 e. The SMILES string of the molecule is NC(c1ccc2c(c1)COC2)c1cc(Cl)ccc1Cl. The molecule has 1 unspecified atom stereocenters. The van der Waals surface area contributed by atoms with Gasteiger partial charge in [0, 0.05) is 10.0 Å². The standard InChI is InChI=1S/C15H13Cl2NO/c16-12-3-4-14(17)13(6-12)15(18)9-1-2-10-7-19-8-11(10)5-9/h1-6,15H,7-8,18H2. The van der Waals surface area contributed by atoms with Gasteiger partial charge < -0.3 is 10.5 Å². The van der Waals surface area contributed by atoms with Crippen molar-refractivity contribution >= 4 is 23.2 Å². The lowest BCUT2D eigenvalue weighted by Gasteiger charge is -2.15. The minimum atomic E-state index is -0.280. The van der Waals surface area contributed by atoms with Crippen LogP contribution in [0.4, 0.5) is 0 Å². The zero-order valence-corrected chi connectivity index (χ0v) is 11.7. The molecule has 2 aromatic rings. The Hall–Kier alpha value is -1.06. The van der Waals surface area contributed by atoms with Crippen molar-refractivity contribution in [2.75, 3.05) is 0 Å². The molecule has 0 aliphatic carbocycles. The summed E-state index contributed by atoms with van der Waals surface area (Å²) < 4.78 is 5.41. The van der Waals surface area contributed by atoms with E-state index >= 15 is 0 Å². The molecular formula is C15H13Cl2NO. The van der Waals surface area contributed by atoms with Gasteiger partial charge in [-0.3, -0.25) is 0 Å². The van der Waals surface area contributed by atoms with Gasteiger partial charge in [0.15, 0.2) is 0 Å². The Kier molecular flexibility index (Phi) is 3.50. The van der Waals surface area contributed by atoms with Crippen LogP contribution in [-0.4, -0.2) is 0 Å². The molecule has 0 radical (unpaired) electrons. The van der Waals surface area contributed by atoms with Crippen LogP contribution in [-0.2, 0) is 18.0 Å². The number of fused-ring (bicyclic) bond motifs is 1. The van der Waals surface area contributed by atoms with E-state index in [2.05, 4.69) is 12.1 Å². The van der Waals surface area contributed by atoms with Gasteiger partial charge in [-0.05, 0) is 40.5 Å². The lowest BCUT2D eigenvalue weighted by atomic mass is 9.96. The van der Waals surface area contributed by atoms with Crippen LogP contribution in [0.3, 0.4) is 0 Å². The molecule has 2 N–H and O–H groups in total. The zero-order valence-electron chi connectivity index (χ0n) is 10.2. The summed E-state index contributed by atoms with van der Waals surface area (Å²) in [6, 6.07) is 11.2. The van der Waals surface area contributed by atoms with Gasteiger partial charge in [0.2, 0.25) is 0 Å². The van der Waals surface area contributed by atoms with Gasteiger partial charge in [-0.15, -0.1) is 0 Å². The molecule has 0 spiro atoms. The second-order valence-corrected chi connectivity index (χ2v) is 5.51. The Balaban J connectivity index is 1.99. The second kappa shape index (κ2) is 5.14. The maximum Gasteiger partial charge on any atom is 0.0725 e. The first-order valence-electron chi connectivity index (χ1n) is 6.05. The lowest BCUT2D eigenvalue weighted by molar-refractivity contribution is 0.134. The molecule has 2 aromatic carbocycles. The highest BCUT2D eigenvalue weighted by Gasteiger charge is 2.17. The highest BCUT2D eigenvalue weighted by molar-refractivity contribution is 6.33. The number of ether oxygens (including phenoxy) is 1. The van der Waals surface area contributed by atoms with E-state index < -0.39 is 0 Å². The van der Waals surface area contributed by atoms with E-state index in [-0.39, 0.29) is 6.04 Å². The molecule has 0 saturated carbocycles. The van der Waals surface area contributed by atoms with Crippen molar-refractivity contribution in [3.63, 3.8) is 0 Å². The smallest absolute Gasteiger partial charge is 0.0725 e. The Bertz CT molecular complexity index is 628. The first kappa shape index (κ1) is 12.9. The number of halogens is 2. The van der Waals surface area contributed by atoms with Crippen LogP contribution in [0.2, 0.25) is 10.0 Å². The minimum absolute atomic E-state index is 0.280. The molecule has 1 aliphatic rings. The summed E-state index contributed by atoms with van der Waals surface area (Å²) >= 11 is 12.2. The van der Waals surface area contributed by atoms with Gasteiger partial charge in [0.05, 0.1) is 19.3 Å². The highest BCUT2D eigenvalue weighted by atomic mass is 35.5. The predicted octanol–water partition coefficient (Wildman–Crippen LogP) is 4.07. The number of nitrogens with two attached hydrogens (primary N) is 1. The van der Waals surface area contributed by atoms with E-state index in [1.54, 1.807) is 12.1 Å². The van der Waals surface area contributed by atoms with Crippen molar-refractivity contribution in [2.24, 2.45) is 5.73 Å². The van der Waals surface area contributed by atoms with Gasteiger partial charge in [0.1, 0.15) is 0 Å². The lowest BCUT2D eigenvalue weighted by Crippen LogP contribution is -2.12. The molecule has 98 valence electrons. The maximum atomic E-state index is 6.30. The zero-order chi connectivity index (χ0) is 13.4. The van der Waals surface area contributed by atoms with Crippen molar-refractivity contribution in [1.29, 1.82) is 0 Å². The summed E-state index contributed by atoms with van der Waals surface area (Å²) in [4.78, 5) is 0. The molecule has 0 bridgehead atoms. The van der Waals surface area contributed by atoms with Crippen LogP contribution in [0, 0.1) is 0 Å². The summed E-state index contributed by atoms with van der Waals surface area (Å²) in [5.74, 6) is 0. The van der Waals surface area contributed by atoms with E-state index in [9.17, 15) is 0 Å². The molecule has 0 fully saturated rings. The fraction of sp³-hybridized carbons (Fsp3) is 0.200. The van der Waals surface area contributed by atoms with Crippen LogP contribution in [0.5, 0.6) is 0 Å². The van der Waals surface area contributed by atoms with E-state index in [1.807, 2.05) is 12.1 Å². The third-order valence-corrected chi connectivity index (χ3v) is 3.98. The number of benzene rings is 2. The molecule has 1 heterocycles. The molecule has 19 heavy (non-hydrogen) atoms. The van der Waals surface area contributed by atoms with Crippen molar-refractivity contribution in [2.45, 2.75) is 19.3 Å². The van der Waals surface area contributed by atoms with Crippen LogP contribution in [0.15, 0.2) is 36.4 Å². The molecule has 0 amide bonds. The Morgan fingerprint density at radius 3 is 2.63 bits per heavy atom. The molecule has 1 atom stereocenters. The van der Waals surface area contributed by atoms with Gasteiger partial charge >= 0.3 is 0 Å². The third kappa shape index (κ3) is 2.49. The fourth-order valence-electron chi connectivity index (χ4n) is 2.32. The molecule has 2 nitrogen and oxygen atoms in total. The molecule has 1 aliphatic heterocycles. The number of hydrogen-bond acceptors (Lipinski definition) is 2. The average molecular weight is 294 g/mol. The summed E-state index contributed by atoms with van der Waals surface area (Å²) in [6.45, 7) is 1.34. The van der Waals surface area contributed by atoms with E-state index in [0.717, 1.165) is 11.1 Å². The van der Waals surface area contributed by atoms with Gasteiger partial charge in [-0.2, -0.15) is 0 Å². The van der Waals surface area contributed by atoms with Gasteiger partial charge in [-0.25, -0.2) is 0 Å². The molecular weight excluding hydrogens is 281 g/mol. The van der Waals surface area contributed by atoms with Crippen molar-refractivity contribution in [3.05, 3.63) is 68.7 Å². The van der Waals surface area contributed by atoms with E-state index in [4.69, 9.17) is 33.7 Å². The highest BCUT2D eigenvalue weighted by Crippen LogP contribution is 2.31. The summed E-state index contributed by atoms with van der Waals surface area (Å²) in [7, 11) is 0. The fourth-order valence-corrected chi connectivity index (χ4v) is 2.73. The number of hydrogen-bond donors (Lipinski definition) is 1. The molecule has 0 aromatic heterocycles. The summed E-state index contributed by atoms with van der Waals surface area (Å²) in [5.41, 5.74) is 10.6. The van der Waals surface area contributed by atoms with Crippen molar-refractivity contribution in [1.82, 2.24) is 0 Å². The normalized spacial score (nSPS) is 15.3. The van der Waals surface area contributed by atoms with Gasteiger partial charge in [-0.1, -0.05) is 41.4 Å². The Labute approximate surface area is 122 Å². The summed E-state index contributed by atoms with van der Waals surface area (Å²) in [5, 5.41) is 1.27. The van der Waals surface area contributed by atoms with Crippen LogP contribution < -0.4 is 5.73 Å². The van der Waals surface area contributed by atoms with Crippen molar-refractivity contribution in [3.8, 4) is 0 Å². The van der Waals surface area contributed by atoms with Crippen LogP contribution in [0.1, 0.15) is 28.3 Å². The first-order valence-corrected chi connectivity index (χ1v) is 6.81. The second-order valence-electron chi connectivity index (χ2n) is 4.66. The Morgan fingerprint density at radius 2 is 1.79 bits per heavy atom. The predicted molar refractivity (Wildman–Crippen MR) is 77.4 cm³/mol. The van der Waals surface area contributed by atoms with E-state index in [0.29, 0.717) is 23.3 Å². The number of rotatable bonds is 2. The average Bonchev–Trinajstić information content (AvgIpc) is 2.88. The third-order valence-electron chi connectivity index (χ3n) is 3.40. The molecule has 3 rings (SSSR count). The maximum absolute atomic E-state index is 6.30.